The molecule has 0 aliphatic heterocycles. The van der Waals surface area contributed by atoms with E-state index in [1.807, 2.05) is 13.0 Å². The Hall–Kier alpha value is -2.12. The van der Waals surface area contributed by atoms with Crippen LogP contribution in [0.1, 0.15) is 24.2 Å². The van der Waals surface area contributed by atoms with E-state index in [0.29, 0.717) is 5.78 Å². The smallest absolute Gasteiger partial charge is 0.254 e. The van der Waals surface area contributed by atoms with Crippen LogP contribution in [0.2, 0.25) is 0 Å². The van der Waals surface area contributed by atoms with E-state index in [9.17, 15) is 0 Å². The molecule has 0 saturated carbocycles. The zero-order valence-electron chi connectivity index (χ0n) is 14.1. The molecule has 0 aliphatic rings. The maximum Gasteiger partial charge on any atom is 0.254 e. The number of ether oxygens (including phenoxy) is 1. The first-order chi connectivity index (χ1) is 11.7. The van der Waals surface area contributed by atoms with Gasteiger partial charge in [-0.05, 0) is 31.5 Å². The Morgan fingerprint density at radius 2 is 2.08 bits per heavy atom. The van der Waals surface area contributed by atoms with E-state index < -0.39 is 0 Å². The topological polar surface area (TPSA) is 64.3 Å². The average Bonchev–Trinajstić information content (AvgIpc) is 3.04. The van der Waals surface area contributed by atoms with Crippen LogP contribution < -0.4 is 5.32 Å². The van der Waals surface area contributed by atoms with Crippen molar-refractivity contribution in [2.75, 3.05) is 24.8 Å². The van der Waals surface area contributed by atoms with E-state index in [4.69, 9.17) is 4.74 Å². The normalized spacial score (nSPS) is 12.5. The number of aryl methyl sites for hydroxylation is 1. The summed E-state index contributed by atoms with van der Waals surface area (Å²) in [4.78, 5) is 9.77. The van der Waals surface area contributed by atoms with Gasteiger partial charge in [-0.25, -0.2) is 4.98 Å². The highest BCUT2D eigenvalue weighted by Crippen LogP contribution is 2.23. The van der Waals surface area contributed by atoms with Gasteiger partial charge in [0, 0.05) is 35.6 Å². The highest BCUT2D eigenvalue weighted by atomic mass is 32.2. The van der Waals surface area contributed by atoms with Crippen molar-refractivity contribution >= 4 is 23.4 Å². The van der Waals surface area contributed by atoms with E-state index in [-0.39, 0.29) is 6.04 Å². The van der Waals surface area contributed by atoms with Crippen molar-refractivity contribution in [3.63, 3.8) is 0 Å². The summed E-state index contributed by atoms with van der Waals surface area (Å²) in [5.74, 6) is 2.46. The molecule has 1 aromatic carbocycles. The van der Waals surface area contributed by atoms with Crippen molar-refractivity contribution in [3.05, 3.63) is 47.9 Å². The molecule has 0 amide bonds. The monoisotopic (exact) mass is 343 g/mol. The molecule has 1 N–H and O–H groups in total. The van der Waals surface area contributed by atoms with Gasteiger partial charge in [0.1, 0.15) is 12.1 Å². The van der Waals surface area contributed by atoms with E-state index in [0.717, 1.165) is 23.9 Å². The molecule has 0 unspecified atom stereocenters. The van der Waals surface area contributed by atoms with Gasteiger partial charge in [0.15, 0.2) is 0 Å². The first-order valence-corrected chi connectivity index (χ1v) is 8.81. The second kappa shape index (κ2) is 7.63. The fourth-order valence-corrected chi connectivity index (χ4v) is 3.25. The standard InChI is InChI=1S/C17H21N5OS/c1-12-10-16(22-17(20-12)18-11-19-22)21-13(2)14-4-6-15(7-5-14)24-9-8-23-3/h4-7,10-11,13,21H,8-9H2,1-3H3/t13-/m0/s1. The number of rotatable bonds is 7. The van der Waals surface area contributed by atoms with E-state index in [2.05, 4.69) is 51.6 Å². The Bertz CT molecular complexity index is 802. The lowest BCUT2D eigenvalue weighted by atomic mass is 10.1. The van der Waals surface area contributed by atoms with Crippen LogP contribution >= 0.6 is 11.8 Å². The van der Waals surface area contributed by atoms with Gasteiger partial charge in [0.2, 0.25) is 0 Å². The van der Waals surface area contributed by atoms with Gasteiger partial charge in [-0.1, -0.05) is 12.1 Å². The van der Waals surface area contributed by atoms with Crippen molar-refractivity contribution in [2.45, 2.75) is 24.8 Å². The Morgan fingerprint density at radius 3 is 2.83 bits per heavy atom. The molecular formula is C17H21N5OS. The fraction of sp³-hybridized carbons (Fsp3) is 0.353. The number of thioether (sulfide) groups is 1. The van der Waals surface area contributed by atoms with Crippen LogP contribution in [0.5, 0.6) is 0 Å². The van der Waals surface area contributed by atoms with E-state index in [1.54, 1.807) is 23.4 Å². The number of nitrogens with one attached hydrogen (secondary N) is 1. The van der Waals surface area contributed by atoms with Gasteiger partial charge in [-0.15, -0.1) is 11.8 Å². The first kappa shape index (κ1) is 16.7. The van der Waals surface area contributed by atoms with Crippen molar-refractivity contribution in [1.29, 1.82) is 0 Å². The van der Waals surface area contributed by atoms with Crippen molar-refractivity contribution < 1.29 is 4.74 Å². The maximum absolute atomic E-state index is 5.08. The second-order valence-electron chi connectivity index (χ2n) is 5.53. The number of nitrogens with zero attached hydrogens (tertiary/aromatic N) is 4. The van der Waals surface area contributed by atoms with Crippen molar-refractivity contribution in [1.82, 2.24) is 19.6 Å². The number of benzene rings is 1. The quantitative estimate of drug-likeness (QED) is 0.524. The maximum atomic E-state index is 5.08. The summed E-state index contributed by atoms with van der Waals surface area (Å²) >= 11 is 1.80. The Kier molecular flexibility index (Phi) is 5.32. The third-order valence-electron chi connectivity index (χ3n) is 3.68. The van der Waals surface area contributed by atoms with Crippen LogP contribution in [0.3, 0.4) is 0 Å². The van der Waals surface area contributed by atoms with Crippen molar-refractivity contribution in [2.24, 2.45) is 0 Å². The summed E-state index contributed by atoms with van der Waals surface area (Å²) in [5, 5.41) is 7.72. The summed E-state index contributed by atoms with van der Waals surface area (Å²) in [6.45, 7) is 4.85. The number of anilines is 1. The molecule has 0 radical (unpaired) electrons. The predicted octanol–water partition coefficient (Wildman–Crippen LogP) is 3.34. The Balaban J connectivity index is 1.72. The molecule has 0 saturated heterocycles. The minimum Gasteiger partial charge on any atom is -0.384 e. The Morgan fingerprint density at radius 1 is 1.29 bits per heavy atom. The molecule has 2 aromatic heterocycles. The number of methoxy groups -OCH3 is 1. The third kappa shape index (κ3) is 3.85. The van der Waals surface area contributed by atoms with Gasteiger partial charge in [-0.2, -0.15) is 14.6 Å². The summed E-state index contributed by atoms with van der Waals surface area (Å²) in [7, 11) is 1.73. The molecule has 3 aromatic rings. The van der Waals surface area contributed by atoms with E-state index in [1.165, 1.54) is 16.8 Å². The van der Waals surface area contributed by atoms with E-state index >= 15 is 0 Å². The molecule has 0 fully saturated rings. The first-order valence-electron chi connectivity index (χ1n) is 7.83. The summed E-state index contributed by atoms with van der Waals surface area (Å²) in [5.41, 5.74) is 2.13. The fourth-order valence-electron chi connectivity index (χ4n) is 2.43. The lowest BCUT2D eigenvalue weighted by molar-refractivity contribution is 0.218. The zero-order chi connectivity index (χ0) is 16.9. The third-order valence-corrected chi connectivity index (χ3v) is 4.66. The van der Waals surface area contributed by atoms with Crippen LogP contribution in [-0.4, -0.2) is 39.1 Å². The van der Waals surface area contributed by atoms with Crippen LogP contribution in [0.25, 0.3) is 5.78 Å². The molecule has 0 bridgehead atoms. The molecule has 0 spiro atoms. The molecular weight excluding hydrogens is 322 g/mol. The molecule has 2 heterocycles. The summed E-state index contributed by atoms with van der Waals surface area (Å²) in [6.07, 6.45) is 1.52. The van der Waals surface area contributed by atoms with Gasteiger partial charge >= 0.3 is 0 Å². The van der Waals surface area contributed by atoms with Gasteiger partial charge < -0.3 is 10.1 Å². The summed E-state index contributed by atoms with van der Waals surface area (Å²) < 4.78 is 6.80. The molecule has 6 nitrogen and oxygen atoms in total. The second-order valence-corrected chi connectivity index (χ2v) is 6.70. The zero-order valence-corrected chi connectivity index (χ0v) is 14.9. The highest BCUT2D eigenvalue weighted by Gasteiger charge is 2.10. The lowest BCUT2D eigenvalue weighted by Crippen LogP contribution is -2.11. The molecule has 24 heavy (non-hydrogen) atoms. The van der Waals surface area contributed by atoms with Gasteiger partial charge in [-0.3, -0.25) is 0 Å². The number of fused-ring (bicyclic) bond motifs is 1. The lowest BCUT2D eigenvalue weighted by Gasteiger charge is -2.17. The molecule has 3 rings (SSSR count). The summed E-state index contributed by atoms with van der Waals surface area (Å²) in [6, 6.07) is 10.7. The number of aromatic nitrogens is 4. The van der Waals surface area contributed by atoms with Crippen LogP contribution in [0, 0.1) is 6.92 Å². The van der Waals surface area contributed by atoms with Crippen LogP contribution in [0.4, 0.5) is 5.82 Å². The average molecular weight is 343 g/mol. The molecule has 126 valence electrons. The highest BCUT2D eigenvalue weighted by molar-refractivity contribution is 7.99. The molecule has 1 atom stereocenters. The van der Waals surface area contributed by atoms with Crippen molar-refractivity contribution in [3.8, 4) is 0 Å². The number of hydrogen-bond acceptors (Lipinski definition) is 6. The Labute approximate surface area is 145 Å². The molecule has 7 heteroatoms. The minimum absolute atomic E-state index is 0.150. The molecule has 0 aliphatic carbocycles. The largest absolute Gasteiger partial charge is 0.384 e. The van der Waals surface area contributed by atoms with Gasteiger partial charge in [0.25, 0.3) is 5.78 Å². The predicted molar refractivity (Wildman–Crippen MR) is 96.6 cm³/mol. The van der Waals surface area contributed by atoms with Crippen LogP contribution in [0.15, 0.2) is 41.6 Å². The minimum atomic E-state index is 0.150. The number of hydrogen-bond donors (Lipinski definition) is 1. The van der Waals surface area contributed by atoms with Crippen LogP contribution in [-0.2, 0) is 4.74 Å². The van der Waals surface area contributed by atoms with Gasteiger partial charge in [0.05, 0.1) is 6.61 Å². The SMILES string of the molecule is COCCSc1ccc([C@H](C)Nc2cc(C)nc3ncnn23)cc1.